The summed E-state index contributed by atoms with van der Waals surface area (Å²) in [5.74, 6) is -0.495. The highest BCUT2D eigenvalue weighted by atomic mass is 19.1. The van der Waals surface area contributed by atoms with Crippen molar-refractivity contribution < 1.29 is 13.9 Å². The van der Waals surface area contributed by atoms with E-state index in [4.69, 9.17) is 4.74 Å². The Hall–Kier alpha value is -2.62. The summed E-state index contributed by atoms with van der Waals surface area (Å²) < 4.78 is 18.0. The number of carbonyl (C=O) groups is 1. The predicted octanol–water partition coefficient (Wildman–Crippen LogP) is 4.08. The SMILES string of the molecule is CCOC(=O)Cc1c[nH]c2ccc(-c3ccc(F)cc3)cc12. The van der Waals surface area contributed by atoms with Crippen LogP contribution in [0.15, 0.2) is 48.7 Å². The van der Waals surface area contributed by atoms with E-state index in [0.29, 0.717) is 6.61 Å². The van der Waals surface area contributed by atoms with Gasteiger partial charge in [0.2, 0.25) is 0 Å². The lowest BCUT2D eigenvalue weighted by molar-refractivity contribution is -0.142. The van der Waals surface area contributed by atoms with Gasteiger partial charge in [0.25, 0.3) is 0 Å². The molecule has 0 amide bonds. The molecule has 22 heavy (non-hydrogen) atoms. The van der Waals surface area contributed by atoms with Gasteiger partial charge in [0.1, 0.15) is 5.82 Å². The molecule has 0 radical (unpaired) electrons. The highest BCUT2D eigenvalue weighted by molar-refractivity contribution is 5.90. The lowest BCUT2D eigenvalue weighted by Gasteiger charge is -2.04. The molecule has 1 heterocycles. The van der Waals surface area contributed by atoms with E-state index in [0.717, 1.165) is 27.6 Å². The van der Waals surface area contributed by atoms with Crippen LogP contribution in [-0.4, -0.2) is 17.6 Å². The Morgan fingerprint density at radius 3 is 2.59 bits per heavy atom. The number of carbonyl (C=O) groups excluding carboxylic acids is 1. The number of hydrogen-bond acceptors (Lipinski definition) is 2. The third-order valence-corrected chi connectivity index (χ3v) is 3.59. The number of nitrogens with one attached hydrogen (secondary N) is 1. The summed E-state index contributed by atoms with van der Waals surface area (Å²) >= 11 is 0. The quantitative estimate of drug-likeness (QED) is 0.737. The average Bonchev–Trinajstić information content (AvgIpc) is 2.90. The summed E-state index contributed by atoms with van der Waals surface area (Å²) in [6.07, 6.45) is 2.07. The van der Waals surface area contributed by atoms with E-state index in [1.54, 1.807) is 19.1 Å². The number of halogens is 1. The van der Waals surface area contributed by atoms with Crippen LogP contribution < -0.4 is 0 Å². The molecule has 0 unspecified atom stereocenters. The second-order valence-electron chi connectivity index (χ2n) is 5.06. The molecule has 1 N–H and O–H groups in total. The molecule has 0 aliphatic carbocycles. The Labute approximate surface area is 127 Å². The van der Waals surface area contributed by atoms with Crippen molar-refractivity contribution in [3.05, 3.63) is 60.0 Å². The van der Waals surface area contributed by atoms with Crippen LogP contribution in [0.1, 0.15) is 12.5 Å². The molecule has 3 aromatic rings. The second-order valence-corrected chi connectivity index (χ2v) is 5.06. The summed E-state index contributed by atoms with van der Waals surface area (Å²) in [4.78, 5) is 14.8. The average molecular weight is 297 g/mol. The van der Waals surface area contributed by atoms with Crippen molar-refractivity contribution in [3.63, 3.8) is 0 Å². The van der Waals surface area contributed by atoms with Crippen molar-refractivity contribution in [2.24, 2.45) is 0 Å². The van der Waals surface area contributed by atoms with Crippen LogP contribution in [0.4, 0.5) is 4.39 Å². The minimum Gasteiger partial charge on any atom is -0.466 e. The minimum absolute atomic E-state index is 0.237. The molecule has 0 atom stereocenters. The Morgan fingerprint density at radius 1 is 1.14 bits per heavy atom. The molecular weight excluding hydrogens is 281 g/mol. The van der Waals surface area contributed by atoms with E-state index < -0.39 is 0 Å². The first-order valence-corrected chi connectivity index (χ1v) is 7.19. The zero-order valence-electron chi connectivity index (χ0n) is 12.2. The Morgan fingerprint density at radius 2 is 1.86 bits per heavy atom. The van der Waals surface area contributed by atoms with Crippen LogP contribution in [0, 0.1) is 5.82 Å². The van der Waals surface area contributed by atoms with Crippen molar-refractivity contribution in [2.75, 3.05) is 6.61 Å². The van der Waals surface area contributed by atoms with E-state index in [2.05, 4.69) is 4.98 Å². The van der Waals surface area contributed by atoms with Gasteiger partial charge < -0.3 is 9.72 Å². The van der Waals surface area contributed by atoms with Crippen molar-refractivity contribution in [2.45, 2.75) is 13.3 Å². The molecule has 0 aliphatic heterocycles. The molecule has 112 valence electrons. The molecule has 3 rings (SSSR count). The number of esters is 1. The van der Waals surface area contributed by atoms with Crippen molar-refractivity contribution in [3.8, 4) is 11.1 Å². The summed E-state index contributed by atoms with van der Waals surface area (Å²) in [5.41, 5.74) is 3.78. The van der Waals surface area contributed by atoms with Crippen molar-refractivity contribution in [1.29, 1.82) is 0 Å². The van der Waals surface area contributed by atoms with Gasteiger partial charge in [0, 0.05) is 17.1 Å². The summed E-state index contributed by atoms with van der Waals surface area (Å²) in [5, 5.41) is 0.981. The number of fused-ring (bicyclic) bond motifs is 1. The monoisotopic (exact) mass is 297 g/mol. The van der Waals surface area contributed by atoms with Gasteiger partial charge in [-0.2, -0.15) is 0 Å². The molecule has 0 aliphatic rings. The van der Waals surface area contributed by atoms with Gasteiger partial charge in [-0.1, -0.05) is 18.2 Å². The lowest BCUT2D eigenvalue weighted by Crippen LogP contribution is -2.06. The van der Waals surface area contributed by atoms with Gasteiger partial charge in [-0.05, 0) is 47.9 Å². The first-order valence-electron chi connectivity index (χ1n) is 7.19. The Balaban J connectivity index is 1.97. The van der Waals surface area contributed by atoms with Gasteiger partial charge in [-0.15, -0.1) is 0 Å². The summed E-state index contributed by atoms with van der Waals surface area (Å²) in [6.45, 7) is 2.17. The van der Waals surface area contributed by atoms with E-state index in [1.807, 2.05) is 24.4 Å². The molecule has 0 saturated heterocycles. The normalized spacial score (nSPS) is 10.8. The number of H-pyrrole nitrogens is 1. The van der Waals surface area contributed by atoms with Gasteiger partial charge in [0.15, 0.2) is 0 Å². The molecule has 1 aromatic heterocycles. The third kappa shape index (κ3) is 2.86. The largest absolute Gasteiger partial charge is 0.466 e. The molecular formula is C18H16FNO2. The fourth-order valence-corrected chi connectivity index (χ4v) is 2.51. The first-order chi connectivity index (χ1) is 10.7. The van der Waals surface area contributed by atoms with E-state index >= 15 is 0 Å². The molecule has 0 fully saturated rings. The van der Waals surface area contributed by atoms with Crippen molar-refractivity contribution >= 4 is 16.9 Å². The van der Waals surface area contributed by atoms with Crippen LogP contribution in [-0.2, 0) is 16.0 Å². The topological polar surface area (TPSA) is 42.1 Å². The van der Waals surface area contributed by atoms with E-state index in [1.165, 1.54) is 12.1 Å². The van der Waals surface area contributed by atoms with E-state index in [-0.39, 0.29) is 18.2 Å². The molecule has 0 spiro atoms. The predicted molar refractivity (Wildman–Crippen MR) is 84.0 cm³/mol. The van der Waals surface area contributed by atoms with Gasteiger partial charge >= 0.3 is 5.97 Å². The van der Waals surface area contributed by atoms with Gasteiger partial charge in [-0.25, -0.2) is 4.39 Å². The standard InChI is InChI=1S/C18H16FNO2/c1-2-22-18(21)10-14-11-20-17-8-5-13(9-16(14)17)12-3-6-15(19)7-4-12/h3-9,11,20H,2,10H2,1H3. The molecule has 4 heteroatoms. The highest BCUT2D eigenvalue weighted by Crippen LogP contribution is 2.27. The number of hydrogen-bond donors (Lipinski definition) is 1. The smallest absolute Gasteiger partial charge is 0.310 e. The summed E-state index contributed by atoms with van der Waals surface area (Å²) in [7, 11) is 0. The third-order valence-electron chi connectivity index (χ3n) is 3.59. The number of aromatic amines is 1. The van der Waals surface area contributed by atoms with E-state index in [9.17, 15) is 9.18 Å². The lowest BCUT2D eigenvalue weighted by atomic mass is 10.0. The van der Waals surface area contributed by atoms with Gasteiger partial charge in [-0.3, -0.25) is 4.79 Å². The molecule has 2 aromatic carbocycles. The zero-order chi connectivity index (χ0) is 15.5. The van der Waals surface area contributed by atoms with Crippen LogP contribution in [0.2, 0.25) is 0 Å². The van der Waals surface area contributed by atoms with Crippen LogP contribution in [0.5, 0.6) is 0 Å². The van der Waals surface area contributed by atoms with Gasteiger partial charge in [0.05, 0.1) is 13.0 Å². The van der Waals surface area contributed by atoms with Crippen molar-refractivity contribution in [1.82, 2.24) is 4.98 Å². The zero-order valence-corrected chi connectivity index (χ0v) is 12.2. The first kappa shape index (κ1) is 14.3. The van der Waals surface area contributed by atoms with Crippen LogP contribution >= 0.6 is 0 Å². The minimum atomic E-state index is -0.255. The fourth-order valence-electron chi connectivity index (χ4n) is 2.51. The number of benzene rings is 2. The molecule has 0 saturated carbocycles. The highest BCUT2D eigenvalue weighted by Gasteiger charge is 2.10. The Bertz CT molecular complexity index is 806. The second kappa shape index (κ2) is 6.02. The maximum atomic E-state index is 13.0. The molecule has 0 bridgehead atoms. The maximum absolute atomic E-state index is 13.0. The number of aromatic nitrogens is 1. The van der Waals surface area contributed by atoms with Crippen LogP contribution in [0.3, 0.4) is 0 Å². The number of ether oxygens (including phenoxy) is 1. The maximum Gasteiger partial charge on any atom is 0.310 e. The number of rotatable bonds is 4. The Kier molecular flexibility index (Phi) is 3.92. The van der Waals surface area contributed by atoms with Crippen LogP contribution in [0.25, 0.3) is 22.0 Å². The summed E-state index contributed by atoms with van der Waals surface area (Å²) in [6, 6.07) is 12.3. The fraction of sp³-hybridized carbons (Fsp3) is 0.167. The molecule has 3 nitrogen and oxygen atoms in total.